The topological polar surface area (TPSA) is 38.3 Å². The number of ether oxygens (including phenoxy) is 1. The Balaban J connectivity index is 2.28. The predicted molar refractivity (Wildman–Crippen MR) is 51.6 cm³/mol. The van der Waals surface area contributed by atoms with Crippen LogP contribution in [0.1, 0.15) is 41.0 Å². The van der Waals surface area contributed by atoms with E-state index in [0.717, 1.165) is 6.42 Å². The summed E-state index contributed by atoms with van der Waals surface area (Å²) in [7, 11) is 0. The molecule has 1 N–H and O–H groups in total. The van der Waals surface area contributed by atoms with E-state index < -0.39 is 5.60 Å². The van der Waals surface area contributed by atoms with Gasteiger partial charge in [0.2, 0.25) is 0 Å². The Bertz CT molecular complexity index is 215. The normalized spacial score (nSPS) is 25.2. The van der Waals surface area contributed by atoms with Crippen LogP contribution in [0.25, 0.3) is 0 Å². The summed E-state index contributed by atoms with van der Waals surface area (Å²) >= 11 is 0. The van der Waals surface area contributed by atoms with Gasteiger partial charge >= 0.3 is 6.09 Å². The minimum absolute atomic E-state index is 0.261. The fourth-order valence-corrected chi connectivity index (χ4v) is 1.16. The number of carbonyl (C=O) groups excluding carboxylic acids is 1. The van der Waals surface area contributed by atoms with E-state index in [1.807, 2.05) is 20.8 Å². The van der Waals surface area contributed by atoms with E-state index in [1.165, 1.54) is 0 Å². The first kappa shape index (κ1) is 10.4. The lowest BCUT2D eigenvalue weighted by atomic mass is 10.2. The Morgan fingerprint density at radius 1 is 1.46 bits per heavy atom. The smallest absolute Gasteiger partial charge is 0.407 e. The molecule has 1 amide bonds. The molecule has 0 aliphatic heterocycles. The molecule has 0 aromatic rings. The molecule has 0 saturated heterocycles. The van der Waals surface area contributed by atoms with Crippen LogP contribution < -0.4 is 5.32 Å². The van der Waals surface area contributed by atoms with Gasteiger partial charge in [0, 0.05) is 6.04 Å². The predicted octanol–water partition coefficient (Wildman–Crippen LogP) is 2.31. The molecule has 0 unspecified atom stereocenters. The zero-order valence-corrected chi connectivity index (χ0v) is 9.10. The van der Waals surface area contributed by atoms with Gasteiger partial charge in [0.1, 0.15) is 5.60 Å². The van der Waals surface area contributed by atoms with Crippen molar-refractivity contribution in [2.75, 3.05) is 0 Å². The van der Waals surface area contributed by atoms with Crippen LogP contribution in [0.5, 0.6) is 0 Å². The second-order valence-electron chi connectivity index (χ2n) is 5.39. The van der Waals surface area contributed by atoms with Crippen LogP contribution in [0.4, 0.5) is 4.79 Å². The Morgan fingerprint density at radius 3 is 2.23 bits per heavy atom. The highest BCUT2D eigenvalue weighted by atomic mass is 16.6. The summed E-state index contributed by atoms with van der Waals surface area (Å²) in [5.41, 5.74) is -0.139. The van der Waals surface area contributed by atoms with Crippen LogP contribution in [0.2, 0.25) is 0 Å². The first-order chi connectivity index (χ1) is 5.71. The quantitative estimate of drug-likeness (QED) is 0.680. The third-order valence-electron chi connectivity index (χ3n) is 2.20. The molecule has 0 bridgehead atoms. The summed E-state index contributed by atoms with van der Waals surface area (Å²) in [4.78, 5) is 11.3. The molecule has 0 spiro atoms. The molecule has 1 aliphatic rings. The van der Waals surface area contributed by atoms with E-state index in [2.05, 4.69) is 19.2 Å². The van der Waals surface area contributed by atoms with E-state index in [4.69, 9.17) is 4.74 Å². The van der Waals surface area contributed by atoms with E-state index in [-0.39, 0.29) is 11.5 Å². The monoisotopic (exact) mass is 185 g/mol. The Morgan fingerprint density at radius 2 is 1.92 bits per heavy atom. The Labute approximate surface area is 79.8 Å². The summed E-state index contributed by atoms with van der Waals surface area (Å²) in [6.45, 7) is 9.87. The molecule has 1 atom stereocenters. The first-order valence-electron chi connectivity index (χ1n) is 4.70. The molecule has 1 fully saturated rings. The number of rotatable bonds is 1. The summed E-state index contributed by atoms with van der Waals surface area (Å²) < 4.78 is 5.13. The fourth-order valence-electron chi connectivity index (χ4n) is 1.16. The van der Waals surface area contributed by atoms with Gasteiger partial charge in [-0.3, -0.25) is 0 Å². The molecule has 3 heteroatoms. The molecular weight excluding hydrogens is 166 g/mol. The third kappa shape index (κ3) is 3.25. The van der Waals surface area contributed by atoms with Crippen molar-refractivity contribution in [1.29, 1.82) is 0 Å². The van der Waals surface area contributed by atoms with Gasteiger partial charge in [0.15, 0.2) is 0 Å². The van der Waals surface area contributed by atoms with Gasteiger partial charge in [-0.15, -0.1) is 0 Å². The number of alkyl carbamates (subject to hydrolysis) is 1. The van der Waals surface area contributed by atoms with Gasteiger partial charge in [0.05, 0.1) is 0 Å². The zero-order chi connectivity index (χ0) is 10.3. The van der Waals surface area contributed by atoms with Gasteiger partial charge in [-0.2, -0.15) is 0 Å². The van der Waals surface area contributed by atoms with Gasteiger partial charge < -0.3 is 10.1 Å². The van der Waals surface area contributed by atoms with Gasteiger partial charge in [-0.25, -0.2) is 4.79 Å². The van der Waals surface area contributed by atoms with Crippen molar-refractivity contribution in [2.45, 2.75) is 52.7 Å². The van der Waals surface area contributed by atoms with Crippen LogP contribution in [0, 0.1) is 5.41 Å². The molecule has 1 aliphatic carbocycles. The Hall–Kier alpha value is -0.730. The highest BCUT2D eigenvalue weighted by molar-refractivity contribution is 5.68. The van der Waals surface area contributed by atoms with Crippen LogP contribution in [0.15, 0.2) is 0 Å². The second kappa shape index (κ2) is 2.89. The average Bonchev–Trinajstić information content (AvgIpc) is 2.32. The minimum atomic E-state index is -0.400. The lowest BCUT2D eigenvalue weighted by Gasteiger charge is -2.20. The SMILES string of the molecule is CC(C)(C)OC(=O)N[C@@H]1CC1(C)C. The van der Waals surface area contributed by atoms with Gasteiger partial charge in [-0.1, -0.05) is 13.8 Å². The molecule has 0 heterocycles. The van der Waals surface area contributed by atoms with Crippen LogP contribution in [-0.2, 0) is 4.74 Å². The first-order valence-corrected chi connectivity index (χ1v) is 4.70. The highest BCUT2D eigenvalue weighted by Gasteiger charge is 2.47. The summed E-state index contributed by atoms with van der Waals surface area (Å²) in [5.74, 6) is 0. The second-order valence-corrected chi connectivity index (χ2v) is 5.39. The standard InChI is InChI=1S/C10H19NO2/c1-9(2,3)13-8(12)11-7-6-10(7,4)5/h7H,6H2,1-5H3,(H,11,12)/t7-/m1/s1. The molecule has 1 saturated carbocycles. The number of hydrogen-bond acceptors (Lipinski definition) is 2. The maximum absolute atomic E-state index is 11.3. The van der Waals surface area contributed by atoms with Crippen molar-refractivity contribution in [3.05, 3.63) is 0 Å². The van der Waals surface area contributed by atoms with Crippen molar-refractivity contribution >= 4 is 6.09 Å². The lowest BCUT2D eigenvalue weighted by molar-refractivity contribution is 0.0517. The number of amides is 1. The zero-order valence-electron chi connectivity index (χ0n) is 9.10. The molecule has 1 rings (SSSR count). The van der Waals surface area contributed by atoms with Gasteiger partial charge in [-0.05, 0) is 32.6 Å². The molecule has 0 aromatic carbocycles. The largest absolute Gasteiger partial charge is 0.444 e. The van der Waals surface area contributed by atoms with E-state index in [1.54, 1.807) is 0 Å². The third-order valence-corrected chi connectivity index (χ3v) is 2.20. The minimum Gasteiger partial charge on any atom is -0.444 e. The summed E-state index contributed by atoms with van der Waals surface area (Å²) in [5, 5.41) is 2.84. The number of carbonyl (C=O) groups is 1. The van der Waals surface area contributed by atoms with Crippen molar-refractivity contribution in [3.63, 3.8) is 0 Å². The molecule has 0 aromatic heterocycles. The van der Waals surface area contributed by atoms with Crippen LogP contribution in [0.3, 0.4) is 0 Å². The number of hydrogen-bond donors (Lipinski definition) is 1. The maximum atomic E-state index is 11.3. The van der Waals surface area contributed by atoms with Crippen LogP contribution in [-0.4, -0.2) is 17.7 Å². The molecule has 3 nitrogen and oxygen atoms in total. The lowest BCUT2D eigenvalue weighted by Crippen LogP contribution is -2.35. The van der Waals surface area contributed by atoms with E-state index in [0.29, 0.717) is 6.04 Å². The summed E-state index contributed by atoms with van der Waals surface area (Å²) in [6, 6.07) is 0.294. The van der Waals surface area contributed by atoms with Crippen molar-refractivity contribution in [1.82, 2.24) is 5.32 Å². The van der Waals surface area contributed by atoms with E-state index >= 15 is 0 Å². The summed E-state index contributed by atoms with van der Waals surface area (Å²) in [6.07, 6.45) is 0.745. The number of nitrogens with one attached hydrogen (secondary N) is 1. The molecule has 0 radical (unpaired) electrons. The highest BCUT2D eigenvalue weighted by Crippen LogP contribution is 2.44. The molecular formula is C10H19NO2. The fraction of sp³-hybridized carbons (Fsp3) is 0.900. The van der Waals surface area contributed by atoms with Gasteiger partial charge in [0.25, 0.3) is 0 Å². The van der Waals surface area contributed by atoms with Crippen molar-refractivity contribution < 1.29 is 9.53 Å². The van der Waals surface area contributed by atoms with Crippen molar-refractivity contribution in [2.24, 2.45) is 5.41 Å². The van der Waals surface area contributed by atoms with E-state index in [9.17, 15) is 4.79 Å². The van der Waals surface area contributed by atoms with Crippen molar-refractivity contribution in [3.8, 4) is 0 Å². The Kier molecular flexibility index (Phi) is 2.30. The van der Waals surface area contributed by atoms with Crippen LogP contribution >= 0.6 is 0 Å². The average molecular weight is 185 g/mol. The molecule has 76 valence electrons. The maximum Gasteiger partial charge on any atom is 0.407 e. The molecule has 13 heavy (non-hydrogen) atoms.